The predicted octanol–water partition coefficient (Wildman–Crippen LogP) is 5.36. The summed E-state index contributed by atoms with van der Waals surface area (Å²) in [5, 5.41) is 0. The second-order valence-electron chi connectivity index (χ2n) is 6.28. The van der Waals surface area contributed by atoms with E-state index in [1.807, 2.05) is 6.92 Å². The van der Waals surface area contributed by atoms with E-state index in [9.17, 15) is 18.0 Å². The molecule has 2 aromatic heterocycles. The summed E-state index contributed by atoms with van der Waals surface area (Å²) in [7, 11) is 0. The number of hydrogen-bond donors (Lipinski definition) is 0. The van der Waals surface area contributed by atoms with E-state index in [4.69, 9.17) is 0 Å². The molecule has 5 heteroatoms. The normalized spacial score (nSPS) is 11.1. The number of rotatable bonds is 2. The highest BCUT2D eigenvalue weighted by Crippen LogP contribution is 2.31. The van der Waals surface area contributed by atoms with E-state index in [-0.39, 0.29) is 16.9 Å². The maximum Gasteiger partial charge on any atom is 0.190 e. The molecule has 134 valence electrons. The van der Waals surface area contributed by atoms with Crippen LogP contribution in [-0.2, 0) is 0 Å². The molecule has 2 nitrogen and oxygen atoms in total. The lowest BCUT2D eigenvalue weighted by molar-refractivity contribution is 0.589. The molecular formula is C22H14F3NO. The van der Waals surface area contributed by atoms with Gasteiger partial charge >= 0.3 is 0 Å². The number of fused-ring (bicyclic) bond motifs is 1. The summed E-state index contributed by atoms with van der Waals surface area (Å²) in [6, 6.07) is 14.1. The molecule has 0 unspecified atom stereocenters. The van der Waals surface area contributed by atoms with Crippen LogP contribution in [0.5, 0.6) is 0 Å². The maximum absolute atomic E-state index is 14.4. The standard InChI is InChI=1S/C22H14F3NO/c1-13-5-10-18-21(20-16(24)3-2-4-17(20)25)19(27)11-12-26(18)22(13)14-6-8-15(23)9-7-14/h2-12H,1H3. The van der Waals surface area contributed by atoms with Crippen molar-refractivity contribution in [2.45, 2.75) is 6.92 Å². The Bertz CT molecular complexity index is 1210. The van der Waals surface area contributed by atoms with Crippen molar-refractivity contribution in [3.05, 3.63) is 100 Å². The molecule has 0 aliphatic heterocycles. The number of pyridine rings is 2. The first kappa shape index (κ1) is 17.1. The largest absolute Gasteiger partial charge is 0.315 e. The van der Waals surface area contributed by atoms with Crippen LogP contribution in [0.4, 0.5) is 13.2 Å². The van der Waals surface area contributed by atoms with Crippen LogP contribution in [0.15, 0.2) is 71.7 Å². The second kappa shape index (κ2) is 6.43. The van der Waals surface area contributed by atoms with Crippen molar-refractivity contribution < 1.29 is 13.2 Å². The zero-order valence-corrected chi connectivity index (χ0v) is 14.3. The van der Waals surface area contributed by atoms with Crippen molar-refractivity contribution >= 4 is 5.52 Å². The Labute approximate surface area is 153 Å². The minimum atomic E-state index is -0.802. The Hall–Kier alpha value is -3.34. The van der Waals surface area contributed by atoms with Crippen LogP contribution in [-0.4, -0.2) is 4.40 Å². The SMILES string of the molecule is Cc1ccc2c(-c3c(F)cccc3F)c(=O)ccn2c1-c1ccc(F)cc1. The summed E-state index contributed by atoms with van der Waals surface area (Å²) < 4.78 is 43.7. The molecule has 0 aliphatic rings. The smallest absolute Gasteiger partial charge is 0.190 e. The highest BCUT2D eigenvalue weighted by molar-refractivity contribution is 5.83. The van der Waals surface area contributed by atoms with Crippen LogP contribution in [0.25, 0.3) is 27.9 Å². The van der Waals surface area contributed by atoms with E-state index >= 15 is 0 Å². The summed E-state index contributed by atoms with van der Waals surface area (Å²) in [5.74, 6) is -1.97. The zero-order chi connectivity index (χ0) is 19.1. The topological polar surface area (TPSA) is 21.5 Å². The van der Waals surface area contributed by atoms with Crippen molar-refractivity contribution in [2.75, 3.05) is 0 Å². The second-order valence-corrected chi connectivity index (χ2v) is 6.28. The molecular weight excluding hydrogens is 351 g/mol. The van der Waals surface area contributed by atoms with Crippen molar-refractivity contribution in [3.8, 4) is 22.4 Å². The summed E-state index contributed by atoms with van der Waals surface area (Å²) in [5.41, 5.74) is 1.81. The minimum Gasteiger partial charge on any atom is -0.315 e. The average Bonchev–Trinajstić information content (AvgIpc) is 2.64. The molecule has 0 radical (unpaired) electrons. The lowest BCUT2D eigenvalue weighted by Gasteiger charge is -2.16. The predicted molar refractivity (Wildman–Crippen MR) is 99.2 cm³/mol. The third kappa shape index (κ3) is 2.81. The van der Waals surface area contributed by atoms with Crippen molar-refractivity contribution in [1.82, 2.24) is 4.40 Å². The van der Waals surface area contributed by atoms with E-state index < -0.39 is 17.1 Å². The van der Waals surface area contributed by atoms with Crippen molar-refractivity contribution in [1.29, 1.82) is 0 Å². The highest BCUT2D eigenvalue weighted by atomic mass is 19.1. The van der Waals surface area contributed by atoms with Crippen LogP contribution in [0.3, 0.4) is 0 Å². The molecule has 0 spiro atoms. The molecule has 0 amide bonds. The van der Waals surface area contributed by atoms with Gasteiger partial charge in [-0.2, -0.15) is 0 Å². The quantitative estimate of drug-likeness (QED) is 0.469. The molecule has 2 aromatic carbocycles. The van der Waals surface area contributed by atoms with E-state index in [0.717, 1.165) is 23.3 Å². The van der Waals surface area contributed by atoms with Gasteiger partial charge in [-0.3, -0.25) is 4.79 Å². The Morgan fingerprint density at radius 3 is 2.11 bits per heavy atom. The van der Waals surface area contributed by atoms with Crippen LogP contribution in [0, 0.1) is 24.4 Å². The van der Waals surface area contributed by atoms with Gasteiger partial charge in [-0.1, -0.05) is 12.1 Å². The molecule has 0 saturated carbocycles. The van der Waals surface area contributed by atoms with E-state index in [0.29, 0.717) is 11.2 Å². The number of halogens is 3. The zero-order valence-electron chi connectivity index (χ0n) is 14.3. The minimum absolute atomic E-state index is 0.0449. The van der Waals surface area contributed by atoms with E-state index in [2.05, 4.69) is 0 Å². The molecule has 2 heterocycles. The first-order chi connectivity index (χ1) is 13.0. The molecule has 4 rings (SSSR count). The fourth-order valence-corrected chi connectivity index (χ4v) is 3.35. The number of aryl methyl sites for hydroxylation is 1. The monoisotopic (exact) mass is 365 g/mol. The van der Waals surface area contributed by atoms with Gasteiger partial charge in [0, 0.05) is 12.3 Å². The van der Waals surface area contributed by atoms with Gasteiger partial charge in [0.05, 0.1) is 22.3 Å². The number of hydrogen-bond acceptors (Lipinski definition) is 1. The Morgan fingerprint density at radius 1 is 0.778 bits per heavy atom. The average molecular weight is 365 g/mol. The highest BCUT2D eigenvalue weighted by Gasteiger charge is 2.19. The molecule has 0 aliphatic carbocycles. The van der Waals surface area contributed by atoms with Crippen LogP contribution >= 0.6 is 0 Å². The summed E-state index contributed by atoms with van der Waals surface area (Å²) in [6.45, 7) is 1.87. The molecule has 0 N–H and O–H groups in total. The Balaban J connectivity index is 2.12. The molecule has 0 fully saturated rings. The lowest BCUT2D eigenvalue weighted by atomic mass is 10.00. The van der Waals surface area contributed by atoms with Gasteiger partial charge in [-0.15, -0.1) is 0 Å². The van der Waals surface area contributed by atoms with Gasteiger partial charge in [0.15, 0.2) is 5.43 Å². The van der Waals surface area contributed by atoms with Crippen molar-refractivity contribution in [2.24, 2.45) is 0 Å². The van der Waals surface area contributed by atoms with Gasteiger partial charge in [-0.25, -0.2) is 13.2 Å². The van der Waals surface area contributed by atoms with Crippen LogP contribution in [0.1, 0.15) is 5.56 Å². The lowest BCUT2D eigenvalue weighted by Crippen LogP contribution is -2.11. The Morgan fingerprint density at radius 2 is 1.44 bits per heavy atom. The molecule has 4 aromatic rings. The molecule has 0 atom stereocenters. The van der Waals surface area contributed by atoms with Crippen molar-refractivity contribution in [3.63, 3.8) is 0 Å². The first-order valence-corrected chi connectivity index (χ1v) is 8.32. The fourth-order valence-electron chi connectivity index (χ4n) is 3.35. The maximum atomic E-state index is 14.4. The molecule has 0 saturated heterocycles. The van der Waals surface area contributed by atoms with Gasteiger partial charge in [0.1, 0.15) is 17.5 Å². The van der Waals surface area contributed by atoms with Gasteiger partial charge in [0.2, 0.25) is 0 Å². The summed E-state index contributed by atoms with van der Waals surface area (Å²) >= 11 is 0. The third-order valence-corrected chi connectivity index (χ3v) is 4.57. The summed E-state index contributed by atoms with van der Waals surface area (Å²) in [6.07, 6.45) is 1.56. The van der Waals surface area contributed by atoms with Crippen LogP contribution in [0.2, 0.25) is 0 Å². The number of benzene rings is 2. The fraction of sp³-hybridized carbons (Fsp3) is 0.0455. The Kier molecular flexibility index (Phi) is 4.07. The third-order valence-electron chi connectivity index (χ3n) is 4.57. The molecule has 27 heavy (non-hydrogen) atoms. The van der Waals surface area contributed by atoms with E-state index in [1.54, 1.807) is 34.9 Å². The first-order valence-electron chi connectivity index (χ1n) is 8.32. The van der Waals surface area contributed by atoms with Crippen LogP contribution < -0.4 is 5.43 Å². The number of nitrogens with zero attached hydrogens (tertiary/aromatic N) is 1. The molecule has 0 bridgehead atoms. The van der Waals surface area contributed by atoms with Gasteiger partial charge < -0.3 is 4.40 Å². The number of aromatic nitrogens is 1. The van der Waals surface area contributed by atoms with E-state index in [1.165, 1.54) is 24.3 Å². The summed E-state index contributed by atoms with van der Waals surface area (Å²) in [4.78, 5) is 12.5. The van der Waals surface area contributed by atoms with Gasteiger partial charge in [-0.05, 0) is 60.5 Å². The van der Waals surface area contributed by atoms with Gasteiger partial charge in [0.25, 0.3) is 0 Å².